The van der Waals surface area contributed by atoms with Gasteiger partial charge in [-0.1, -0.05) is 36.4 Å². The van der Waals surface area contributed by atoms with E-state index in [1.165, 1.54) is 41.3 Å². The molecule has 1 N–H and O–H groups in total. The minimum Gasteiger partial charge on any atom is -0.493 e. The number of amides is 1. The lowest BCUT2D eigenvalue weighted by Gasteiger charge is -2.51. The maximum atomic E-state index is 14.5. The average molecular weight is 553 g/mol. The van der Waals surface area contributed by atoms with E-state index in [0.717, 1.165) is 25.6 Å². The third kappa shape index (κ3) is 5.78. The smallest absolute Gasteiger partial charge is 0.430 e. The van der Waals surface area contributed by atoms with Crippen LogP contribution in [0.3, 0.4) is 0 Å². The van der Waals surface area contributed by atoms with Gasteiger partial charge in [-0.2, -0.15) is 13.2 Å². The zero-order valence-corrected chi connectivity index (χ0v) is 22.4. The summed E-state index contributed by atoms with van der Waals surface area (Å²) in [5.74, 6) is -1.08. The number of alkyl halides is 3. The topological polar surface area (TPSA) is 60.0 Å². The van der Waals surface area contributed by atoms with Crippen LogP contribution >= 0.6 is 0 Å². The molecule has 2 aromatic carbocycles. The molecule has 2 saturated heterocycles. The Balaban J connectivity index is 1.58. The summed E-state index contributed by atoms with van der Waals surface area (Å²) in [6, 6.07) is 11.6. The minimum absolute atomic E-state index is 0.0505. The minimum atomic E-state index is -4.95. The van der Waals surface area contributed by atoms with Crippen molar-refractivity contribution in [2.75, 3.05) is 53.6 Å². The molecule has 10 heteroatoms. The van der Waals surface area contributed by atoms with Gasteiger partial charge < -0.3 is 24.4 Å². The Morgan fingerprint density at radius 1 is 1.05 bits per heavy atom. The van der Waals surface area contributed by atoms with Gasteiger partial charge in [-0.3, -0.25) is 4.79 Å². The predicted molar refractivity (Wildman–Crippen MR) is 138 cm³/mol. The summed E-state index contributed by atoms with van der Waals surface area (Å²) in [5, 5.41) is 3.41. The third-order valence-corrected chi connectivity index (χ3v) is 8.22. The van der Waals surface area contributed by atoms with Crippen molar-refractivity contribution in [1.29, 1.82) is 0 Å². The Bertz CT molecular complexity index is 1110. The van der Waals surface area contributed by atoms with Gasteiger partial charge >= 0.3 is 6.18 Å². The fraction of sp³-hybridized carbons (Fsp3) is 0.552. The first kappa shape index (κ1) is 29.3. The largest absolute Gasteiger partial charge is 0.493 e. The normalized spacial score (nSPS) is 21.0. The van der Waals surface area contributed by atoms with Gasteiger partial charge in [0.25, 0.3) is 11.5 Å². The zero-order valence-electron chi connectivity index (χ0n) is 22.4. The van der Waals surface area contributed by atoms with E-state index in [-0.39, 0.29) is 30.0 Å². The molecule has 39 heavy (non-hydrogen) atoms. The summed E-state index contributed by atoms with van der Waals surface area (Å²) in [6.45, 7) is 2.60. The first-order valence-corrected chi connectivity index (χ1v) is 13.3. The molecule has 1 spiro atoms. The van der Waals surface area contributed by atoms with E-state index in [0.29, 0.717) is 44.8 Å². The molecule has 2 aliphatic heterocycles. The SMILES string of the molecule is COCCCOc1cc(F)ccc1C1CNCCC12CCN(C(=O)[C@](OC)(c1ccccc1)C(F)(F)F)CC2. The lowest BCUT2D eigenvalue weighted by Crippen LogP contribution is -2.59. The quantitative estimate of drug-likeness (QED) is 0.349. The van der Waals surface area contributed by atoms with Crippen molar-refractivity contribution in [1.82, 2.24) is 10.2 Å². The van der Waals surface area contributed by atoms with Crippen LogP contribution in [0.1, 0.15) is 42.7 Å². The van der Waals surface area contributed by atoms with Gasteiger partial charge in [-0.15, -0.1) is 0 Å². The molecule has 0 saturated carbocycles. The summed E-state index contributed by atoms with van der Waals surface area (Å²) < 4.78 is 73.7. The first-order valence-electron chi connectivity index (χ1n) is 13.3. The van der Waals surface area contributed by atoms with Crippen molar-refractivity contribution < 1.29 is 36.6 Å². The lowest BCUT2D eigenvalue weighted by atomic mass is 9.62. The second-order valence-electron chi connectivity index (χ2n) is 10.3. The molecule has 2 aromatic rings. The number of nitrogens with one attached hydrogen (secondary N) is 1. The van der Waals surface area contributed by atoms with Crippen LogP contribution in [0.15, 0.2) is 48.5 Å². The monoisotopic (exact) mass is 552 g/mol. The molecular formula is C29H36F4N2O4. The summed E-state index contributed by atoms with van der Waals surface area (Å²) in [6.07, 6.45) is -2.49. The van der Waals surface area contributed by atoms with Gasteiger partial charge in [0.05, 0.1) is 6.61 Å². The maximum Gasteiger partial charge on any atom is 0.430 e. The number of piperidine rings is 2. The highest BCUT2D eigenvalue weighted by Crippen LogP contribution is 2.51. The highest BCUT2D eigenvalue weighted by atomic mass is 19.4. The van der Waals surface area contributed by atoms with Crippen LogP contribution in [0.4, 0.5) is 17.6 Å². The predicted octanol–water partition coefficient (Wildman–Crippen LogP) is 5.03. The van der Waals surface area contributed by atoms with E-state index in [1.807, 2.05) is 0 Å². The van der Waals surface area contributed by atoms with Crippen molar-refractivity contribution in [3.63, 3.8) is 0 Å². The highest BCUT2D eigenvalue weighted by Gasteiger charge is 2.64. The number of benzene rings is 2. The number of hydrogen-bond donors (Lipinski definition) is 1. The fourth-order valence-corrected chi connectivity index (χ4v) is 6.10. The number of nitrogens with zero attached hydrogens (tertiary/aromatic N) is 1. The number of rotatable bonds is 9. The fourth-order valence-electron chi connectivity index (χ4n) is 6.10. The highest BCUT2D eigenvalue weighted by molar-refractivity contribution is 5.88. The van der Waals surface area contributed by atoms with Crippen LogP contribution in [0.25, 0.3) is 0 Å². The Kier molecular flexibility index (Phi) is 9.18. The average Bonchev–Trinajstić information content (AvgIpc) is 2.93. The molecule has 0 bridgehead atoms. The van der Waals surface area contributed by atoms with E-state index in [1.54, 1.807) is 19.2 Å². The van der Waals surface area contributed by atoms with Crippen LogP contribution in [0.2, 0.25) is 0 Å². The van der Waals surface area contributed by atoms with Crippen molar-refractivity contribution in [3.8, 4) is 5.75 Å². The number of carbonyl (C=O) groups is 1. The molecule has 0 radical (unpaired) electrons. The number of ether oxygens (including phenoxy) is 3. The Morgan fingerprint density at radius 3 is 2.41 bits per heavy atom. The Morgan fingerprint density at radius 2 is 1.77 bits per heavy atom. The first-order chi connectivity index (χ1) is 18.7. The third-order valence-electron chi connectivity index (χ3n) is 8.22. The molecule has 0 aromatic heterocycles. The molecule has 4 rings (SSSR count). The van der Waals surface area contributed by atoms with Gasteiger partial charge in [-0.05, 0) is 42.9 Å². The van der Waals surface area contributed by atoms with E-state index in [9.17, 15) is 22.4 Å². The Labute approximate surface area is 226 Å². The molecule has 214 valence electrons. The molecule has 6 nitrogen and oxygen atoms in total. The molecule has 2 heterocycles. The molecule has 0 aliphatic carbocycles. The van der Waals surface area contributed by atoms with Crippen molar-refractivity contribution in [3.05, 3.63) is 65.5 Å². The van der Waals surface area contributed by atoms with Crippen LogP contribution in [0.5, 0.6) is 5.75 Å². The molecule has 1 unspecified atom stereocenters. The number of likely N-dealkylation sites (tertiary alicyclic amines) is 1. The van der Waals surface area contributed by atoms with Gasteiger partial charge in [0.15, 0.2) is 0 Å². The summed E-state index contributed by atoms with van der Waals surface area (Å²) >= 11 is 0. The van der Waals surface area contributed by atoms with Crippen LogP contribution < -0.4 is 10.1 Å². The summed E-state index contributed by atoms with van der Waals surface area (Å²) in [7, 11) is 2.53. The van der Waals surface area contributed by atoms with Crippen molar-refractivity contribution >= 4 is 5.91 Å². The molecule has 2 fully saturated rings. The molecule has 1 amide bonds. The second kappa shape index (κ2) is 12.2. The number of halogens is 4. The maximum absolute atomic E-state index is 14.5. The lowest BCUT2D eigenvalue weighted by molar-refractivity contribution is -0.271. The van der Waals surface area contributed by atoms with Gasteiger partial charge in [0.2, 0.25) is 0 Å². The van der Waals surface area contributed by atoms with Crippen molar-refractivity contribution in [2.24, 2.45) is 5.41 Å². The van der Waals surface area contributed by atoms with E-state index < -0.39 is 23.5 Å². The van der Waals surface area contributed by atoms with Crippen LogP contribution in [0, 0.1) is 11.2 Å². The molecule has 2 aliphatic rings. The molecular weight excluding hydrogens is 516 g/mol. The van der Waals surface area contributed by atoms with E-state index in [2.05, 4.69) is 5.32 Å². The molecule has 2 atom stereocenters. The van der Waals surface area contributed by atoms with Crippen LogP contribution in [-0.2, 0) is 19.9 Å². The Hall–Kier alpha value is -2.69. The summed E-state index contributed by atoms with van der Waals surface area (Å²) in [4.78, 5) is 14.9. The van der Waals surface area contributed by atoms with Crippen molar-refractivity contribution in [2.45, 2.75) is 43.4 Å². The summed E-state index contributed by atoms with van der Waals surface area (Å²) in [5.41, 5.74) is -2.73. The standard InChI is InChI=1S/C29H36F4N2O4/c1-37-17-6-18-39-25-19-22(30)9-10-23(25)24-20-34-14-11-27(24)12-15-35(16-13-27)26(36)28(38-2,29(31,32)33)21-7-4-3-5-8-21/h3-5,7-10,19,24,34H,6,11-18,20H2,1-2H3/t24?,28-/m1/s1. The van der Waals surface area contributed by atoms with Gasteiger partial charge in [0.1, 0.15) is 11.6 Å². The van der Waals surface area contributed by atoms with Gasteiger partial charge in [0, 0.05) is 64.4 Å². The number of hydrogen-bond acceptors (Lipinski definition) is 5. The van der Waals surface area contributed by atoms with E-state index >= 15 is 0 Å². The van der Waals surface area contributed by atoms with Crippen LogP contribution in [-0.4, -0.2) is 70.6 Å². The van der Waals surface area contributed by atoms with Gasteiger partial charge in [-0.25, -0.2) is 4.39 Å². The second-order valence-corrected chi connectivity index (χ2v) is 10.3. The zero-order chi connectivity index (χ0) is 28.1. The number of carbonyl (C=O) groups excluding carboxylic acids is 1. The van der Waals surface area contributed by atoms with E-state index in [4.69, 9.17) is 14.2 Å². The number of methoxy groups -OCH3 is 2.